The second kappa shape index (κ2) is 11.1. The fraction of sp³-hybridized carbons (Fsp3) is 0.273. The van der Waals surface area contributed by atoms with Gasteiger partial charge >= 0.3 is 0 Å². The summed E-state index contributed by atoms with van der Waals surface area (Å²) in [6, 6.07) is 13.1. The zero-order valence-electron chi connectivity index (χ0n) is 24.0. The third kappa shape index (κ3) is 5.83. The van der Waals surface area contributed by atoms with Crippen LogP contribution in [0.15, 0.2) is 85.0 Å². The number of nitrogens with zero attached hydrogens (tertiary/aromatic N) is 4. The van der Waals surface area contributed by atoms with E-state index in [1.807, 2.05) is 84.1 Å². The van der Waals surface area contributed by atoms with Crippen molar-refractivity contribution in [2.75, 3.05) is 16.8 Å². The van der Waals surface area contributed by atoms with Crippen LogP contribution in [-0.4, -0.2) is 43.8 Å². The van der Waals surface area contributed by atoms with Gasteiger partial charge in [-0.05, 0) is 66.8 Å². The van der Waals surface area contributed by atoms with E-state index < -0.39 is 0 Å². The van der Waals surface area contributed by atoms with E-state index in [2.05, 4.69) is 31.1 Å². The van der Waals surface area contributed by atoms with Crippen molar-refractivity contribution < 1.29 is 14.7 Å². The van der Waals surface area contributed by atoms with E-state index in [1.165, 1.54) is 5.56 Å². The first-order chi connectivity index (χ1) is 19.5. The number of aryl methyl sites for hydroxylation is 1. The molecule has 1 aliphatic carbocycles. The van der Waals surface area contributed by atoms with Gasteiger partial charge in [0.05, 0.1) is 18.3 Å². The summed E-state index contributed by atoms with van der Waals surface area (Å²) < 4.78 is 1.90. The van der Waals surface area contributed by atoms with Gasteiger partial charge < -0.3 is 19.7 Å². The molecule has 2 aromatic carbocycles. The van der Waals surface area contributed by atoms with Crippen LogP contribution in [0.1, 0.15) is 55.6 Å². The highest BCUT2D eigenvalue weighted by Crippen LogP contribution is 2.32. The predicted molar refractivity (Wildman–Crippen MR) is 162 cm³/mol. The van der Waals surface area contributed by atoms with Gasteiger partial charge in [-0.25, -0.2) is 9.97 Å². The van der Waals surface area contributed by atoms with E-state index in [-0.39, 0.29) is 36.2 Å². The number of aliphatic hydroxyl groups is 1. The Kier molecular flexibility index (Phi) is 7.60. The summed E-state index contributed by atoms with van der Waals surface area (Å²) >= 11 is 0. The molecule has 0 aliphatic heterocycles. The molecule has 2 aromatic heterocycles. The van der Waals surface area contributed by atoms with Gasteiger partial charge in [0.25, 0.3) is 5.91 Å². The molecule has 0 saturated heterocycles. The average molecular weight is 550 g/mol. The molecule has 210 valence electrons. The Labute approximate surface area is 240 Å². The third-order valence-electron chi connectivity index (χ3n) is 7.30. The highest BCUT2D eigenvalue weighted by Gasteiger charge is 2.25. The molecule has 0 radical (unpaired) electrons. The summed E-state index contributed by atoms with van der Waals surface area (Å²) in [6.45, 7) is 10.2. The van der Waals surface area contributed by atoms with E-state index in [9.17, 15) is 14.7 Å². The molecule has 8 heteroatoms. The quantitative estimate of drug-likeness (QED) is 0.300. The number of carbonyl (C=O) groups is 2. The molecule has 5 rings (SSSR count). The summed E-state index contributed by atoms with van der Waals surface area (Å²) in [6.07, 6.45) is 10.9. The molecule has 2 heterocycles. The monoisotopic (exact) mass is 549 g/mol. The third-order valence-corrected chi connectivity index (χ3v) is 7.30. The number of ketones is 1. The van der Waals surface area contributed by atoms with Crippen molar-refractivity contribution in [1.29, 1.82) is 0 Å². The number of nitrogens with one attached hydrogen (secondary N) is 1. The van der Waals surface area contributed by atoms with Crippen LogP contribution in [0.2, 0.25) is 0 Å². The fourth-order valence-electron chi connectivity index (χ4n) is 4.87. The second-order valence-corrected chi connectivity index (χ2v) is 11.5. The van der Waals surface area contributed by atoms with Gasteiger partial charge in [-0.3, -0.25) is 9.59 Å². The van der Waals surface area contributed by atoms with Crippen LogP contribution in [0.25, 0.3) is 16.9 Å². The van der Waals surface area contributed by atoms with Gasteiger partial charge in [0.15, 0.2) is 17.2 Å². The van der Waals surface area contributed by atoms with Crippen LogP contribution in [0.5, 0.6) is 0 Å². The van der Waals surface area contributed by atoms with E-state index in [1.54, 1.807) is 18.3 Å². The molecule has 4 aromatic rings. The normalized spacial score (nSPS) is 14.2. The van der Waals surface area contributed by atoms with Crippen LogP contribution in [-0.2, 0) is 10.2 Å². The Bertz CT molecular complexity index is 1680. The van der Waals surface area contributed by atoms with Crippen molar-refractivity contribution >= 4 is 28.8 Å². The Morgan fingerprint density at radius 2 is 1.90 bits per heavy atom. The Morgan fingerprint density at radius 3 is 2.56 bits per heavy atom. The number of fused-ring (bicyclic) bond motifs is 1. The molecule has 0 fully saturated rings. The Morgan fingerprint density at radius 1 is 1.15 bits per heavy atom. The number of rotatable bonds is 7. The molecule has 1 aliphatic rings. The number of imidazole rings is 1. The molecule has 1 unspecified atom stereocenters. The van der Waals surface area contributed by atoms with Gasteiger partial charge in [-0.2, -0.15) is 0 Å². The van der Waals surface area contributed by atoms with Crippen LogP contribution < -0.4 is 10.2 Å². The summed E-state index contributed by atoms with van der Waals surface area (Å²) in [5.41, 5.74) is 6.33. The van der Waals surface area contributed by atoms with E-state index >= 15 is 0 Å². The maximum atomic E-state index is 13.1. The Hall–Kier alpha value is -4.56. The first-order valence-corrected chi connectivity index (χ1v) is 13.7. The summed E-state index contributed by atoms with van der Waals surface area (Å²) in [5.74, 6) is 0.400. The van der Waals surface area contributed by atoms with E-state index in [0.717, 1.165) is 16.8 Å². The second-order valence-electron chi connectivity index (χ2n) is 11.5. The van der Waals surface area contributed by atoms with Crippen molar-refractivity contribution in [2.24, 2.45) is 0 Å². The largest absolute Gasteiger partial charge is 0.394 e. The molecule has 1 atom stereocenters. The molecule has 1 amide bonds. The summed E-state index contributed by atoms with van der Waals surface area (Å²) in [4.78, 5) is 36.4. The van der Waals surface area contributed by atoms with Crippen LogP contribution in [0, 0.1) is 6.92 Å². The first-order valence-electron chi connectivity index (χ1n) is 13.7. The van der Waals surface area contributed by atoms with Gasteiger partial charge in [0, 0.05) is 47.5 Å². The topological polar surface area (TPSA) is 99.8 Å². The first kappa shape index (κ1) is 28.0. The zero-order chi connectivity index (χ0) is 29.3. The number of aliphatic hydroxyl groups excluding tert-OH is 1. The van der Waals surface area contributed by atoms with Gasteiger partial charge in [0.2, 0.25) is 0 Å². The van der Waals surface area contributed by atoms with Crippen molar-refractivity contribution in [1.82, 2.24) is 14.4 Å². The highest BCUT2D eigenvalue weighted by atomic mass is 16.3. The van der Waals surface area contributed by atoms with Gasteiger partial charge in [0.1, 0.15) is 0 Å². The standard InChI is InChI=1S/C33H35N5O3/c1-21-6-11-25(35-32(41)23-7-9-24(10-8-23)33(3,4)5)18-28(21)29-19-37-17-16-34-30(37)31(36-29)38(22(2)20-39)26-12-14-27(40)15-13-26/h6-14,16-19,22,39H,15,20H2,1-5H3,(H,35,41). The number of carbonyl (C=O) groups excluding carboxylic acids is 2. The average Bonchev–Trinajstić information content (AvgIpc) is 3.43. The minimum atomic E-state index is -0.321. The number of hydrogen-bond donors (Lipinski definition) is 2. The van der Waals surface area contributed by atoms with Crippen LogP contribution in [0.4, 0.5) is 11.5 Å². The predicted octanol–water partition coefficient (Wildman–Crippen LogP) is 5.85. The number of allylic oxidation sites excluding steroid dienone is 3. The fourth-order valence-corrected chi connectivity index (χ4v) is 4.87. The lowest BCUT2D eigenvalue weighted by atomic mass is 9.87. The van der Waals surface area contributed by atoms with Crippen LogP contribution in [0.3, 0.4) is 0 Å². The number of benzene rings is 2. The summed E-state index contributed by atoms with van der Waals surface area (Å²) in [5, 5.41) is 13.1. The number of aromatic nitrogens is 3. The molecule has 8 nitrogen and oxygen atoms in total. The molecule has 0 bridgehead atoms. The minimum Gasteiger partial charge on any atom is -0.394 e. The molecule has 0 saturated carbocycles. The molecular weight excluding hydrogens is 514 g/mol. The lowest BCUT2D eigenvalue weighted by molar-refractivity contribution is -0.113. The van der Waals surface area contributed by atoms with Gasteiger partial charge in [-0.15, -0.1) is 0 Å². The lowest BCUT2D eigenvalue weighted by Crippen LogP contribution is -2.36. The van der Waals surface area contributed by atoms with Gasteiger partial charge in [-0.1, -0.05) is 45.0 Å². The molecular formula is C33H35N5O3. The van der Waals surface area contributed by atoms with Crippen molar-refractivity contribution in [3.8, 4) is 11.3 Å². The maximum Gasteiger partial charge on any atom is 0.255 e. The van der Waals surface area contributed by atoms with E-state index in [4.69, 9.17) is 4.98 Å². The number of amides is 1. The van der Waals surface area contributed by atoms with Crippen molar-refractivity contribution in [3.05, 3.63) is 102 Å². The van der Waals surface area contributed by atoms with Crippen LogP contribution >= 0.6 is 0 Å². The lowest BCUT2D eigenvalue weighted by Gasteiger charge is -2.31. The van der Waals surface area contributed by atoms with E-state index in [0.29, 0.717) is 28.4 Å². The smallest absolute Gasteiger partial charge is 0.255 e. The molecule has 2 N–H and O–H groups in total. The van der Waals surface area contributed by atoms with Crippen molar-refractivity contribution in [2.45, 2.75) is 52.5 Å². The zero-order valence-corrected chi connectivity index (χ0v) is 24.0. The molecule has 0 spiro atoms. The minimum absolute atomic E-state index is 0.00878. The molecule has 41 heavy (non-hydrogen) atoms. The Balaban J connectivity index is 1.52. The highest BCUT2D eigenvalue weighted by molar-refractivity contribution is 6.04. The van der Waals surface area contributed by atoms with Crippen molar-refractivity contribution in [3.63, 3.8) is 0 Å². The SMILES string of the molecule is Cc1ccc(NC(=O)c2ccc(C(C)(C)C)cc2)cc1-c1cn2ccnc2c(N(C2=CCC(=O)C=C2)C(C)CO)n1. The summed E-state index contributed by atoms with van der Waals surface area (Å²) in [7, 11) is 0. The maximum absolute atomic E-state index is 13.1. The number of hydrogen-bond acceptors (Lipinski definition) is 6. The number of anilines is 2.